The lowest BCUT2D eigenvalue weighted by Crippen LogP contribution is -2.60. The van der Waals surface area contributed by atoms with Crippen molar-refractivity contribution in [3.63, 3.8) is 0 Å². The molecule has 0 aromatic rings. The van der Waals surface area contributed by atoms with Crippen LogP contribution in [0.1, 0.15) is 78.6 Å². The second kappa shape index (κ2) is 7.51. The standard InChI is InChI=1S/C24H42O4/c1-14(5-4-10-25)18-13-20(28)22-21-17(7-9-24(18,22)3)23(2)8-6-16(26)11-15(23)12-19(21)27/h14-22,25-28H,4-13H2,1-3H3/t14-,15+,16-,17+,18-,19+,20+,21+,22+,23+,24-/m1/s1. The molecule has 0 aliphatic heterocycles. The Balaban J connectivity index is 1.62. The Hall–Kier alpha value is -0.160. The summed E-state index contributed by atoms with van der Waals surface area (Å²) in [7, 11) is 0. The molecule has 4 saturated carbocycles. The first-order valence-corrected chi connectivity index (χ1v) is 11.9. The first-order chi connectivity index (χ1) is 13.2. The van der Waals surface area contributed by atoms with Gasteiger partial charge in [-0.1, -0.05) is 20.8 Å². The summed E-state index contributed by atoms with van der Waals surface area (Å²) in [6, 6.07) is 0. The van der Waals surface area contributed by atoms with Crippen LogP contribution in [0.3, 0.4) is 0 Å². The first-order valence-electron chi connectivity index (χ1n) is 11.9. The molecule has 4 heteroatoms. The molecule has 11 atom stereocenters. The normalized spacial score (nSPS) is 54.5. The highest BCUT2D eigenvalue weighted by atomic mass is 16.3. The summed E-state index contributed by atoms with van der Waals surface area (Å²) in [5.41, 5.74) is 0.290. The first kappa shape index (κ1) is 21.1. The molecular formula is C24H42O4. The van der Waals surface area contributed by atoms with E-state index in [-0.39, 0.29) is 47.6 Å². The van der Waals surface area contributed by atoms with E-state index in [1.165, 1.54) is 0 Å². The zero-order valence-corrected chi connectivity index (χ0v) is 18.1. The van der Waals surface area contributed by atoms with Gasteiger partial charge in [0.25, 0.3) is 0 Å². The minimum Gasteiger partial charge on any atom is -0.396 e. The molecule has 4 nitrogen and oxygen atoms in total. The number of fused-ring (bicyclic) bond motifs is 5. The predicted molar refractivity (Wildman–Crippen MR) is 109 cm³/mol. The van der Waals surface area contributed by atoms with E-state index in [1.54, 1.807) is 0 Å². The van der Waals surface area contributed by atoms with E-state index in [0.717, 1.165) is 57.8 Å². The fourth-order valence-corrected chi connectivity index (χ4v) is 8.79. The molecule has 4 N–H and O–H groups in total. The van der Waals surface area contributed by atoms with E-state index >= 15 is 0 Å². The van der Waals surface area contributed by atoms with Crippen LogP contribution in [-0.2, 0) is 0 Å². The topological polar surface area (TPSA) is 80.9 Å². The Morgan fingerprint density at radius 2 is 1.64 bits per heavy atom. The van der Waals surface area contributed by atoms with Crippen molar-refractivity contribution >= 4 is 0 Å². The summed E-state index contributed by atoms with van der Waals surface area (Å²) in [4.78, 5) is 0. The Kier molecular flexibility index (Phi) is 5.66. The second-order valence-electron chi connectivity index (χ2n) is 11.4. The van der Waals surface area contributed by atoms with Crippen LogP contribution in [0.2, 0.25) is 0 Å². The van der Waals surface area contributed by atoms with Crippen LogP contribution in [0.4, 0.5) is 0 Å². The summed E-state index contributed by atoms with van der Waals surface area (Å²) in [5.74, 6) is 2.24. The highest BCUT2D eigenvalue weighted by molar-refractivity contribution is 5.13. The van der Waals surface area contributed by atoms with Crippen molar-refractivity contribution in [3.8, 4) is 0 Å². The van der Waals surface area contributed by atoms with Crippen LogP contribution in [0.15, 0.2) is 0 Å². The van der Waals surface area contributed by atoms with Gasteiger partial charge < -0.3 is 20.4 Å². The lowest BCUT2D eigenvalue weighted by Gasteiger charge is -2.62. The number of aliphatic hydroxyl groups is 4. The number of hydrogen-bond donors (Lipinski definition) is 4. The molecule has 0 radical (unpaired) electrons. The molecule has 28 heavy (non-hydrogen) atoms. The monoisotopic (exact) mass is 394 g/mol. The Labute approximate surface area is 170 Å². The van der Waals surface area contributed by atoms with Crippen LogP contribution < -0.4 is 0 Å². The molecule has 0 unspecified atom stereocenters. The van der Waals surface area contributed by atoms with E-state index in [1.807, 2.05) is 0 Å². The van der Waals surface area contributed by atoms with Crippen molar-refractivity contribution in [2.75, 3.05) is 6.61 Å². The van der Waals surface area contributed by atoms with E-state index < -0.39 is 0 Å². The zero-order valence-electron chi connectivity index (χ0n) is 18.1. The molecule has 0 amide bonds. The van der Waals surface area contributed by atoms with Crippen LogP contribution in [0, 0.1) is 46.3 Å². The van der Waals surface area contributed by atoms with E-state index in [9.17, 15) is 20.4 Å². The Bertz CT molecular complexity index is 567. The zero-order chi connectivity index (χ0) is 20.3. The third-order valence-electron chi connectivity index (χ3n) is 10.2. The van der Waals surface area contributed by atoms with Crippen LogP contribution in [0.25, 0.3) is 0 Å². The SMILES string of the molecule is C[C@H](CCCO)[C@H]1C[C@H](O)[C@H]2[C@@H]3[C@@H](O)C[C@@H]4C[C@H](O)CC[C@]4(C)[C@H]3CC[C@@]21C. The summed E-state index contributed by atoms with van der Waals surface area (Å²) in [6.07, 6.45) is 7.70. The molecule has 4 aliphatic rings. The third-order valence-corrected chi connectivity index (χ3v) is 10.2. The molecule has 4 aliphatic carbocycles. The van der Waals surface area contributed by atoms with Gasteiger partial charge in [0.15, 0.2) is 0 Å². The molecule has 0 heterocycles. The largest absolute Gasteiger partial charge is 0.396 e. The minimum absolute atomic E-state index is 0.0911. The fourth-order valence-electron chi connectivity index (χ4n) is 8.79. The Morgan fingerprint density at radius 3 is 2.36 bits per heavy atom. The number of aliphatic hydroxyl groups excluding tert-OH is 4. The fraction of sp³-hybridized carbons (Fsp3) is 1.00. The van der Waals surface area contributed by atoms with E-state index in [2.05, 4.69) is 20.8 Å². The molecular weight excluding hydrogens is 352 g/mol. The maximum absolute atomic E-state index is 11.3. The van der Waals surface area contributed by atoms with Crippen molar-refractivity contribution in [1.82, 2.24) is 0 Å². The smallest absolute Gasteiger partial charge is 0.0580 e. The third kappa shape index (κ3) is 3.09. The number of hydrogen-bond acceptors (Lipinski definition) is 4. The summed E-state index contributed by atoms with van der Waals surface area (Å²) in [5, 5.41) is 41.9. The Morgan fingerprint density at radius 1 is 0.929 bits per heavy atom. The van der Waals surface area contributed by atoms with Crippen LogP contribution in [0.5, 0.6) is 0 Å². The lowest BCUT2D eigenvalue weighted by atomic mass is 9.43. The average Bonchev–Trinajstić information content (AvgIpc) is 2.92. The molecule has 4 rings (SSSR count). The van der Waals surface area contributed by atoms with Crippen LogP contribution in [-0.4, -0.2) is 45.3 Å². The van der Waals surface area contributed by atoms with Crippen molar-refractivity contribution in [2.45, 2.75) is 96.9 Å². The van der Waals surface area contributed by atoms with Gasteiger partial charge in [-0.2, -0.15) is 0 Å². The van der Waals surface area contributed by atoms with Gasteiger partial charge in [-0.05, 0) is 104 Å². The van der Waals surface area contributed by atoms with Crippen LogP contribution >= 0.6 is 0 Å². The molecule has 0 saturated heterocycles. The quantitative estimate of drug-likeness (QED) is 0.589. The van der Waals surface area contributed by atoms with E-state index in [4.69, 9.17) is 0 Å². The highest BCUT2D eigenvalue weighted by Gasteiger charge is 2.65. The van der Waals surface area contributed by atoms with Crippen molar-refractivity contribution in [3.05, 3.63) is 0 Å². The minimum atomic E-state index is -0.348. The molecule has 4 fully saturated rings. The van der Waals surface area contributed by atoms with Gasteiger partial charge in [-0.3, -0.25) is 0 Å². The van der Waals surface area contributed by atoms with Crippen molar-refractivity contribution < 1.29 is 20.4 Å². The highest BCUT2D eigenvalue weighted by Crippen LogP contribution is 2.68. The maximum atomic E-state index is 11.3. The molecule has 0 spiro atoms. The summed E-state index contributed by atoms with van der Waals surface area (Å²) >= 11 is 0. The van der Waals surface area contributed by atoms with E-state index in [0.29, 0.717) is 23.7 Å². The predicted octanol–water partition coefficient (Wildman–Crippen LogP) is 3.36. The molecule has 0 bridgehead atoms. The summed E-state index contributed by atoms with van der Waals surface area (Å²) in [6.45, 7) is 7.34. The molecule has 162 valence electrons. The van der Waals surface area contributed by atoms with Crippen molar-refractivity contribution in [1.29, 1.82) is 0 Å². The molecule has 0 aromatic heterocycles. The molecule has 0 aromatic carbocycles. The number of rotatable bonds is 4. The van der Waals surface area contributed by atoms with Gasteiger partial charge in [0, 0.05) is 6.61 Å². The van der Waals surface area contributed by atoms with Gasteiger partial charge in [0.05, 0.1) is 18.3 Å². The second-order valence-corrected chi connectivity index (χ2v) is 11.4. The maximum Gasteiger partial charge on any atom is 0.0580 e. The van der Waals surface area contributed by atoms with Gasteiger partial charge in [0.2, 0.25) is 0 Å². The average molecular weight is 395 g/mol. The summed E-state index contributed by atoms with van der Waals surface area (Å²) < 4.78 is 0. The lowest BCUT2D eigenvalue weighted by molar-refractivity contribution is -0.185. The van der Waals surface area contributed by atoms with Gasteiger partial charge in [0.1, 0.15) is 0 Å². The van der Waals surface area contributed by atoms with Gasteiger partial charge >= 0.3 is 0 Å². The van der Waals surface area contributed by atoms with Gasteiger partial charge in [-0.25, -0.2) is 0 Å². The van der Waals surface area contributed by atoms with Crippen molar-refractivity contribution in [2.24, 2.45) is 46.3 Å². The van der Waals surface area contributed by atoms with Gasteiger partial charge in [-0.15, -0.1) is 0 Å².